The van der Waals surface area contributed by atoms with E-state index in [2.05, 4.69) is 17.9 Å². The number of amides is 1. The highest BCUT2D eigenvalue weighted by molar-refractivity contribution is 7.80. The number of nitrogens with one attached hydrogen (secondary N) is 1. The second-order valence-electron chi connectivity index (χ2n) is 3.78. The van der Waals surface area contributed by atoms with Gasteiger partial charge in [0, 0.05) is 4.90 Å². The molecule has 1 N–H and O–H groups in total. The number of halogens is 1. The average Bonchev–Trinajstić information content (AvgIpc) is 2.41. The molecule has 0 radical (unpaired) electrons. The molecule has 0 heterocycles. The van der Waals surface area contributed by atoms with E-state index in [1.165, 1.54) is 6.07 Å². The smallest absolute Gasteiger partial charge is 0.256 e. The summed E-state index contributed by atoms with van der Waals surface area (Å²) < 4.78 is 0. The average molecular weight is 289 g/mol. The predicted molar refractivity (Wildman–Crippen MR) is 77.8 cm³/mol. The number of carbonyl (C=O) groups excluding carboxylic acids is 1. The highest BCUT2D eigenvalue weighted by Crippen LogP contribution is 2.24. The van der Waals surface area contributed by atoms with Gasteiger partial charge in [0.25, 0.3) is 5.91 Å². The zero-order valence-electron chi connectivity index (χ0n) is 9.72. The predicted octanol–water partition coefficient (Wildman–Crippen LogP) is 3.75. The summed E-state index contributed by atoms with van der Waals surface area (Å²) in [5.41, 5.74) is 1.28. The fraction of sp³-hybridized carbons (Fsp3) is 0. The number of rotatable bonds is 2. The van der Waals surface area contributed by atoms with Gasteiger partial charge in [-0.25, -0.2) is 0 Å². The van der Waals surface area contributed by atoms with Gasteiger partial charge in [0.2, 0.25) is 0 Å². The molecule has 5 heteroatoms. The van der Waals surface area contributed by atoms with E-state index in [1.807, 2.05) is 6.07 Å². The van der Waals surface area contributed by atoms with Crippen molar-refractivity contribution in [2.75, 3.05) is 5.32 Å². The fourth-order valence-corrected chi connectivity index (χ4v) is 1.97. The van der Waals surface area contributed by atoms with Crippen LogP contribution in [0.3, 0.4) is 0 Å². The topological polar surface area (TPSA) is 52.9 Å². The standard InChI is InChI=1S/C14H9ClN2OS/c15-11-6-5-9(8-16)7-12(11)17-14(18)10-3-1-2-4-13(10)19/h1-7,19H,(H,17,18). The van der Waals surface area contributed by atoms with E-state index < -0.39 is 0 Å². The van der Waals surface area contributed by atoms with Crippen molar-refractivity contribution in [3.63, 3.8) is 0 Å². The highest BCUT2D eigenvalue weighted by atomic mass is 35.5. The van der Waals surface area contributed by atoms with E-state index in [1.54, 1.807) is 36.4 Å². The molecular formula is C14H9ClN2OS. The summed E-state index contributed by atoms with van der Waals surface area (Å²) >= 11 is 10.2. The van der Waals surface area contributed by atoms with Crippen LogP contribution in [0.25, 0.3) is 0 Å². The van der Waals surface area contributed by atoms with Gasteiger partial charge in [-0.05, 0) is 30.3 Å². The molecule has 0 aromatic heterocycles. The van der Waals surface area contributed by atoms with Crippen molar-refractivity contribution in [1.29, 1.82) is 5.26 Å². The van der Waals surface area contributed by atoms with Crippen molar-refractivity contribution in [3.05, 3.63) is 58.6 Å². The van der Waals surface area contributed by atoms with Crippen molar-refractivity contribution in [1.82, 2.24) is 0 Å². The number of anilines is 1. The lowest BCUT2D eigenvalue weighted by Gasteiger charge is -2.08. The Labute approximate surface area is 121 Å². The molecule has 0 atom stereocenters. The Morgan fingerprint density at radius 1 is 1.26 bits per heavy atom. The monoisotopic (exact) mass is 288 g/mol. The third kappa shape index (κ3) is 3.08. The van der Waals surface area contributed by atoms with Crippen molar-refractivity contribution >= 4 is 35.8 Å². The Balaban J connectivity index is 2.30. The quantitative estimate of drug-likeness (QED) is 0.827. The van der Waals surface area contributed by atoms with Crippen LogP contribution in [0.15, 0.2) is 47.4 Å². The van der Waals surface area contributed by atoms with E-state index in [4.69, 9.17) is 16.9 Å². The molecule has 0 aliphatic heterocycles. The van der Waals surface area contributed by atoms with E-state index in [9.17, 15) is 4.79 Å². The summed E-state index contributed by atoms with van der Waals surface area (Å²) in [5, 5.41) is 11.9. The number of carbonyl (C=O) groups is 1. The number of hydrogen-bond acceptors (Lipinski definition) is 3. The zero-order chi connectivity index (χ0) is 13.8. The summed E-state index contributed by atoms with van der Waals surface area (Å²) in [4.78, 5) is 12.7. The van der Waals surface area contributed by atoms with Gasteiger partial charge < -0.3 is 5.32 Å². The Morgan fingerprint density at radius 2 is 2.00 bits per heavy atom. The third-order valence-electron chi connectivity index (χ3n) is 2.49. The van der Waals surface area contributed by atoms with Gasteiger partial charge in [-0.3, -0.25) is 4.79 Å². The molecule has 0 fully saturated rings. The second kappa shape index (κ2) is 5.79. The van der Waals surface area contributed by atoms with E-state index in [0.29, 0.717) is 26.7 Å². The Hall–Kier alpha value is -1.96. The van der Waals surface area contributed by atoms with Gasteiger partial charge in [-0.2, -0.15) is 5.26 Å². The van der Waals surface area contributed by atoms with Gasteiger partial charge >= 0.3 is 0 Å². The number of nitrogens with zero attached hydrogens (tertiary/aromatic N) is 1. The van der Waals surface area contributed by atoms with Gasteiger partial charge in [-0.15, -0.1) is 12.6 Å². The maximum atomic E-state index is 12.1. The van der Waals surface area contributed by atoms with Crippen LogP contribution in [0, 0.1) is 11.3 Å². The number of nitriles is 1. The largest absolute Gasteiger partial charge is 0.321 e. The molecule has 2 aromatic carbocycles. The van der Waals surface area contributed by atoms with Crippen LogP contribution in [-0.4, -0.2) is 5.91 Å². The first kappa shape index (κ1) is 13.5. The molecule has 0 aliphatic carbocycles. The van der Waals surface area contributed by atoms with Crippen LogP contribution in [0.2, 0.25) is 5.02 Å². The summed E-state index contributed by atoms with van der Waals surface area (Å²) in [6.07, 6.45) is 0. The van der Waals surface area contributed by atoms with Crippen LogP contribution in [0.5, 0.6) is 0 Å². The molecule has 0 spiro atoms. The fourth-order valence-electron chi connectivity index (χ4n) is 1.55. The van der Waals surface area contributed by atoms with Gasteiger partial charge in [0.1, 0.15) is 0 Å². The SMILES string of the molecule is N#Cc1ccc(Cl)c(NC(=O)c2ccccc2S)c1. The van der Waals surface area contributed by atoms with Crippen LogP contribution in [0.4, 0.5) is 5.69 Å². The van der Waals surface area contributed by atoms with Crippen molar-refractivity contribution in [2.45, 2.75) is 4.90 Å². The molecular weight excluding hydrogens is 280 g/mol. The Morgan fingerprint density at radius 3 is 2.68 bits per heavy atom. The minimum atomic E-state index is -0.317. The molecule has 1 amide bonds. The highest BCUT2D eigenvalue weighted by Gasteiger charge is 2.11. The molecule has 0 aliphatic rings. The van der Waals surface area contributed by atoms with Crippen molar-refractivity contribution < 1.29 is 4.79 Å². The van der Waals surface area contributed by atoms with E-state index in [0.717, 1.165) is 0 Å². The number of benzene rings is 2. The molecule has 0 unspecified atom stereocenters. The molecule has 2 rings (SSSR count). The number of hydrogen-bond donors (Lipinski definition) is 2. The third-order valence-corrected chi connectivity index (χ3v) is 3.21. The van der Waals surface area contributed by atoms with Gasteiger partial charge in [0.15, 0.2) is 0 Å². The van der Waals surface area contributed by atoms with E-state index >= 15 is 0 Å². The van der Waals surface area contributed by atoms with Gasteiger partial charge in [0.05, 0.1) is 27.9 Å². The molecule has 3 nitrogen and oxygen atoms in total. The molecule has 0 saturated heterocycles. The lowest BCUT2D eigenvalue weighted by atomic mass is 10.2. The normalized spacial score (nSPS) is 9.74. The summed E-state index contributed by atoms with van der Waals surface area (Å²) in [7, 11) is 0. The molecule has 0 saturated carbocycles. The maximum absolute atomic E-state index is 12.1. The lowest BCUT2D eigenvalue weighted by Crippen LogP contribution is -2.13. The maximum Gasteiger partial charge on any atom is 0.256 e. The molecule has 19 heavy (non-hydrogen) atoms. The zero-order valence-corrected chi connectivity index (χ0v) is 11.4. The molecule has 94 valence electrons. The Kier molecular flexibility index (Phi) is 4.10. The summed E-state index contributed by atoms with van der Waals surface area (Å²) in [6.45, 7) is 0. The van der Waals surface area contributed by atoms with Crippen LogP contribution in [-0.2, 0) is 0 Å². The van der Waals surface area contributed by atoms with E-state index in [-0.39, 0.29) is 5.91 Å². The first-order valence-corrected chi connectivity index (χ1v) is 6.23. The second-order valence-corrected chi connectivity index (χ2v) is 4.67. The van der Waals surface area contributed by atoms with Crippen molar-refractivity contribution in [3.8, 4) is 6.07 Å². The first-order valence-electron chi connectivity index (χ1n) is 5.41. The number of thiol groups is 1. The molecule has 0 bridgehead atoms. The van der Waals surface area contributed by atoms with Crippen LogP contribution < -0.4 is 5.32 Å². The summed E-state index contributed by atoms with van der Waals surface area (Å²) in [5.74, 6) is -0.317. The van der Waals surface area contributed by atoms with Crippen molar-refractivity contribution in [2.24, 2.45) is 0 Å². The summed E-state index contributed by atoms with van der Waals surface area (Å²) in [6, 6.07) is 13.6. The van der Waals surface area contributed by atoms with Crippen LogP contribution in [0.1, 0.15) is 15.9 Å². The first-order chi connectivity index (χ1) is 9.11. The van der Waals surface area contributed by atoms with Crippen LogP contribution >= 0.6 is 24.2 Å². The minimum Gasteiger partial charge on any atom is -0.321 e. The lowest BCUT2D eigenvalue weighted by molar-refractivity contribution is 0.102. The van der Waals surface area contributed by atoms with Gasteiger partial charge in [-0.1, -0.05) is 23.7 Å². The minimum absolute atomic E-state index is 0.317. The molecule has 2 aromatic rings. The Bertz CT molecular complexity index is 679.